The predicted molar refractivity (Wildman–Crippen MR) is 75.4 cm³/mol. The molecule has 1 aliphatic rings. The van der Waals surface area contributed by atoms with Gasteiger partial charge in [-0.25, -0.2) is 0 Å². The molecule has 0 aromatic carbocycles. The van der Waals surface area contributed by atoms with Crippen LogP contribution in [0.25, 0.3) is 0 Å². The van der Waals surface area contributed by atoms with E-state index in [1.165, 1.54) is 63.4 Å². The second kappa shape index (κ2) is 9.32. The van der Waals surface area contributed by atoms with Gasteiger partial charge in [-0.1, -0.05) is 13.8 Å². The van der Waals surface area contributed by atoms with Crippen molar-refractivity contribution < 1.29 is 0 Å². The lowest BCUT2D eigenvalue weighted by atomic mass is 10.2. The van der Waals surface area contributed by atoms with E-state index in [2.05, 4.69) is 35.8 Å². The summed E-state index contributed by atoms with van der Waals surface area (Å²) in [6, 6.07) is 0.818. The van der Waals surface area contributed by atoms with Gasteiger partial charge in [0.05, 0.1) is 0 Å². The molecule has 0 aromatic heterocycles. The molecule has 1 unspecified atom stereocenters. The van der Waals surface area contributed by atoms with E-state index in [9.17, 15) is 0 Å². The van der Waals surface area contributed by atoms with Gasteiger partial charge in [0.15, 0.2) is 0 Å². The van der Waals surface area contributed by atoms with E-state index in [1.807, 2.05) is 0 Å². The fraction of sp³-hybridized carbons (Fsp3) is 1.00. The monoisotopic (exact) mass is 244 g/mol. The van der Waals surface area contributed by atoms with Crippen LogP contribution in [0.3, 0.4) is 0 Å². The molecule has 0 saturated carbocycles. The van der Waals surface area contributed by atoms with E-state index in [0.29, 0.717) is 0 Å². The highest BCUT2D eigenvalue weighted by Gasteiger charge is 2.22. The molecule has 2 nitrogen and oxygen atoms in total. The fourth-order valence-electron chi connectivity index (χ4n) is 2.38. The molecule has 1 atom stereocenters. The number of likely N-dealkylation sites (tertiary alicyclic amines) is 1. The van der Waals surface area contributed by atoms with Gasteiger partial charge in [-0.2, -0.15) is 11.8 Å². The van der Waals surface area contributed by atoms with Gasteiger partial charge in [-0.15, -0.1) is 0 Å². The molecule has 0 bridgehead atoms. The Morgan fingerprint density at radius 2 is 2.25 bits per heavy atom. The number of hydrogen-bond acceptors (Lipinski definition) is 3. The molecule has 0 aliphatic carbocycles. The average Bonchev–Trinajstić information content (AvgIpc) is 2.73. The largest absolute Gasteiger partial charge is 0.315 e. The first-order valence-electron chi connectivity index (χ1n) is 6.91. The highest BCUT2D eigenvalue weighted by atomic mass is 32.2. The number of rotatable bonds is 9. The average molecular weight is 244 g/mol. The Hall–Kier alpha value is 0.270. The zero-order valence-corrected chi connectivity index (χ0v) is 11.8. The van der Waals surface area contributed by atoms with Crippen molar-refractivity contribution in [1.29, 1.82) is 0 Å². The molecule has 96 valence electrons. The minimum atomic E-state index is 0.818. The predicted octanol–water partition coefficient (Wildman–Crippen LogP) is 2.59. The SMILES string of the molecule is CCCNCC1CCCN1CCCSCC. The molecule has 0 aromatic rings. The van der Waals surface area contributed by atoms with Crippen molar-refractivity contribution in [2.45, 2.75) is 45.6 Å². The van der Waals surface area contributed by atoms with Crippen LogP contribution in [-0.4, -0.2) is 48.6 Å². The Bertz CT molecular complexity index is 164. The molecular formula is C13H28N2S. The van der Waals surface area contributed by atoms with Crippen molar-refractivity contribution in [2.75, 3.05) is 37.7 Å². The lowest BCUT2D eigenvalue weighted by Crippen LogP contribution is -2.38. The minimum absolute atomic E-state index is 0.818. The van der Waals surface area contributed by atoms with E-state index in [4.69, 9.17) is 0 Å². The molecule has 1 N–H and O–H groups in total. The molecule has 0 spiro atoms. The van der Waals surface area contributed by atoms with E-state index < -0.39 is 0 Å². The lowest BCUT2D eigenvalue weighted by molar-refractivity contribution is 0.249. The van der Waals surface area contributed by atoms with E-state index in [-0.39, 0.29) is 0 Å². The van der Waals surface area contributed by atoms with Crippen molar-refractivity contribution in [3.8, 4) is 0 Å². The number of hydrogen-bond donors (Lipinski definition) is 1. The van der Waals surface area contributed by atoms with Gasteiger partial charge in [0, 0.05) is 12.6 Å². The lowest BCUT2D eigenvalue weighted by Gasteiger charge is -2.24. The van der Waals surface area contributed by atoms with Crippen LogP contribution in [-0.2, 0) is 0 Å². The van der Waals surface area contributed by atoms with Gasteiger partial charge < -0.3 is 5.32 Å². The summed E-state index contributed by atoms with van der Waals surface area (Å²) in [7, 11) is 0. The smallest absolute Gasteiger partial charge is 0.0221 e. The summed E-state index contributed by atoms with van der Waals surface area (Å²) in [5, 5.41) is 3.56. The van der Waals surface area contributed by atoms with Crippen LogP contribution in [0.2, 0.25) is 0 Å². The van der Waals surface area contributed by atoms with Crippen LogP contribution >= 0.6 is 11.8 Å². The van der Waals surface area contributed by atoms with Crippen molar-refractivity contribution in [3.63, 3.8) is 0 Å². The Morgan fingerprint density at radius 3 is 3.00 bits per heavy atom. The quantitative estimate of drug-likeness (QED) is 0.628. The van der Waals surface area contributed by atoms with Crippen LogP contribution in [0.5, 0.6) is 0 Å². The highest BCUT2D eigenvalue weighted by Crippen LogP contribution is 2.17. The Kier molecular flexibility index (Phi) is 8.34. The molecule has 1 rings (SSSR count). The third-order valence-corrected chi connectivity index (χ3v) is 4.23. The normalized spacial score (nSPS) is 21.8. The van der Waals surface area contributed by atoms with Crippen molar-refractivity contribution in [2.24, 2.45) is 0 Å². The first kappa shape index (κ1) is 14.3. The Balaban J connectivity index is 2.08. The topological polar surface area (TPSA) is 15.3 Å². The zero-order chi connectivity index (χ0) is 11.6. The van der Waals surface area contributed by atoms with Crippen LogP contribution in [0, 0.1) is 0 Å². The van der Waals surface area contributed by atoms with Gasteiger partial charge >= 0.3 is 0 Å². The van der Waals surface area contributed by atoms with E-state index in [1.54, 1.807) is 0 Å². The maximum atomic E-state index is 3.56. The molecule has 0 radical (unpaired) electrons. The molecule has 1 fully saturated rings. The molecular weight excluding hydrogens is 216 g/mol. The zero-order valence-electron chi connectivity index (χ0n) is 11.0. The summed E-state index contributed by atoms with van der Waals surface area (Å²) in [6.45, 7) is 9.50. The summed E-state index contributed by atoms with van der Waals surface area (Å²) in [5.41, 5.74) is 0. The van der Waals surface area contributed by atoms with Crippen molar-refractivity contribution in [1.82, 2.24) is 10.2 Å². The number of thioether (sulfide) groups is 1. The Labute approximate surface area is 106 Å². The summed E-state index contributed by atoms with van der Waals surface area (Å²) < 4.78 is 0. The van der Waals surface area contributed by atoms with Gasteiger partial charge in [-0.3, -0.25) is 4.90 Å². The second-order valence-corrected chi connectivity index (χ2v) is 5.98. The molecule has 1 saturated heterocycles. The number of nitrogens with one attached hydrogen (secondary N) is 1. The third kappa shape index (κ3) is 5.55. The van der Waals surface area contributed by atoms with Crippen LogP contribution in [0.4, 0.5) is 0 Å². The summed E-state index contributed by atoms with van der Waals surface area (Å²) in [5.74, 6) is 2.60. The first-order valence-corrected chi connectivity index (χ1v) is 8.06. The van der Waals surface area contributed by atoms with Crippen LogP contribution in [0.15, 0.2) is 0 Å². The summed E-state index contributed by atoms with van der Waals surface area (Å²) >= 11 is 2.07. The second-order valence-electron chi connectivity index (χ2n) is 4.59. The maximum Gasteiger partial charge on any atom is 0.0221 e. The van der Waals surface area contributed by atoms with Crippen LogP contribution in [0.1, 0.15) is 39.5 Å². The molecule has 1 aliphatic heterocycles. The third-order valence-electron chi connectivity index (χ3n) is 3.24. The van der Waals surface area contributed by atoms with Gasteiger partial charge in [0.2, 0.25) is 0 Å². The minimum Gasteiger partial charge on any atom is -0.315 e. The fourth-order valence-corrected chi connectivity index (χ4v) is 3.00. The molecule has 16 heavy (non-hydrogen) atoms. The van der Waals surface area contributed by atoms with E-state index in [0.717, 1.165) is 6.04 Å². The first-order chi connectivity index (χ1) is 7.88. The van der Waals surface area contributed by atoms with Gasteiger partial charge in [-0.05, 0) is 56.8 Å². The highest BCUT2D eigenvalue weighted by molar-refractivity contribution is 7.99. The molecule has 0 amide bonds. The molecule has 1 heterocycles. The van der Waals surface area contributed by atoms with E-state index >= 15 is 0 Å². The standard InChI is InChI=1S/C13H28N2S/c1-3-8-14-12-13-7-5-9-15(13)10-6-11-16-4-2/h13-14H,3-12H2,1-2H3. The Morgan fingerprint density at radius 1 is 1.38 bits per heavy atom. The molecule has 3 heteroatoms. The van der Waals surface area contributed by atoms with Crippen molar-refractivity contribution >= 4 is 11.8 Å². The number of nitrogens with zero attached hydrogens (tertiary/aromatic N) is 1. The summed E-state index contributed by atoms with van der Waals surface area (Å²) in [4.78, 5) is 2.69. The maximum absolute atomic E-state index is 3.56. The van der Waals surface area contributed by atoms with Crippen molar-refractivity contribution in [3.05, 3.63) is 0 Å². The van der Waals surface area contributed by atoms with Gasteiger partial charge in [0.1, 0.15) is 0 Å². The van der Waals surface area contributed by atoms with Gasteiger partial charge in [0.25, 0.3) is 0 Å². The van der Waals surface area contributed by atoms with Crippen LogP contribution < -0.4 is 5.32 Å². The summed E-state index contributed by atoms with van der Waals surface area (Å²) in [6.07, 6.45) is 5.42.